The minimum Gasteiger partial charge on any atom is -0.264 e. The number of hydrazone groups is 1. The van der Waals surface area contributed by atoms with Gasteiger partial charge in [-0.15, -0.1) is 0 Å². The van der Waals surface area contributed by atoms with E-state index in [0.717, 1.165) is 17.9 Å². The summed E-state index contributed by atoms with van der Waals surface area (Å²) in [5.74, 6) is 0. The second-order valence-electron chi connectivity index (χ2n) is 6.79. The monoisotopic (exact) mass is 300 g/mol. The lowest BCUT2D eigenvalue weighted by atomic mass is 9.84. The van der Waals surface area contributed by atoms with Gasteiger partial charge < -0.3 is 0 Å². The molecule has 0 aliphatic carbocycles. The van der Waals surface area contributed by atoms with E-state index in [1.807, 2.05) is 6.07 Å². The lowest BCUT2D eigenvalue weighted by molar-refractivity contribution is 0.552. The van der Waals surface area contributed by atoms with E-state index in [-0.39, 0.29) is 5.41 Å². The van der Waals surface area contributed by atoms with Gasteiger partial charge in [-0.05, 0) is 34.5 Å². The number of nitrogens with zero attached hydrogens (tertiary/aromatic N) is 2. The molecule has 2 nitrogen and oxygen atoms in total. The number of benzene rings is 3. The fraction of sp³-hybridized carbons (Fsp3) is 0.190. The molecule has 0 saturated heterocycles. The first kappa shape index (κ1) is 14.0. The molecule has 0 fully saturated rings. The molecule has 0 radical (unpaired) electrons. The molecule has 114 valence electrons. The van der Waals surface area contributed by atoms with Crippen molar-refractivity contribution in [1.82, 2.24) is 0 Å². The summed E-state index contributed by atoms with van der Waals surface area (Å²) in [7, 11) is 0. The predicted octanol–water partition coefficient (Wildman–Crippen LogP) is 5.09. The third-order valence-electron chi connectivity index (χ3n) is 4.48. The van der Waals surface area contributed by atoms with Crippen LogP contribution in [-0.2, 0) is 0 Å². The van der Waals surface area contributed by atoms with Gasteiger partial charge >= 0.3 is 0 Å². The van der Waals surface area contributed by atoms with Crippen molar-refractivity contribution < 1.29 is 0 Å². The Kier molecular flexibility index (Phi) is 3.19. The zero-order chi connectivity index (χ0) is 15.9. The molecule has 4 rings (SSSR count). The summed E-state index contributed by atoms with van der Waals surface area (Å²) >= 11 is 0. The molecule has 0 saturated carbocycles. The summed E-state index contributed by atoms with van der Waals surface area (Å²) in [5, 5.41) is 9.59. The zero-order valence-electron chi connectivity index (χ0n) is 13.5. The molecule has 23 heavy (non-hydrogen) atoms. The predicted molar refractivity (Wildman–Crippen MR) is 98.1 cm³/mol. The van der Waals surface area contributed by atoms with Crippen molar-refractivity contribution in [3.05, 3.63) is 78.4 Å². The molecule has 0 amide bonds. The van der Waals surface area contributed by atoms with Crippen molar-refractivity contribution in [2.75, 3.05) is 11.6 Å². The number of hydrogen-bond acceptors (Lipinski definition) is 2. The van der Waals surface area contributed by atoms with Crippen LogP contribution in [0, 0.1) is 5.41 Å². The van der Waals surface area contributed by atoms with Crippen molar-refractivity contribution >= 4 is 22.2 Å². The molecule has 1 aliphatic rings. The molecule has 0 unspecified atom stereocenters. The molecular formula is C21H20N2. The number of rotatable bonds is 2. The smallest absolute Gasteiger partial charge is 0.0756 e. The Balaban J connectivity index is 1.78. The average Bonchev–Trinajstić information content (AvgIpc) is 2.91. The Morgan fingerprint density at radius 1 is 0.826 bits per heavy atom. The van der Waals surface area contributed by atoms with Crippen molar-refractivity contribution in [2.45, 2.75) is 13.8 Å². The Morgan fingerprint density at radius 2 is 1.52 bits per heavy atom. The normalized spacial score (nSPS) is 16.6. The van der Waals surface area contributed by atoms with Gasteiger partial charge in [-0.25, -0.2) is 0 Å². The summed E-state index contributed by atoms with van der Waals surface area (Å²) in [5.41, 5.74) is 3.55. The number of anilines is 1. The fourth-order valence-corrected chi connectivity index (χ4v) is 3.27. The molecule has 0 atom stereocenters. The largest absolute Gasteiger partial charge is 0.264 e. The summed E-state index contributed by atoms with van der Waals surface area (Å²) in [6, 6.07) is 25.5. The quantitative estimate of drug-likeness (QED) is 0.643. The molecule has 2 heteroatoms. The Labute approximate surface area is 137 Å². The summed E-state index contributed by atoms with van der Waals surface area (Å²) < 4.78 is 0. The van der Waals surface area contributed by atoms with Gasteiger partial charge in [0.25, 0.3) is 0 Å². The van der Waals surface area contributed by atoms with Crippen molar-refractivity contribution in [3.8, 4) is 0 Å². The highest BCUT2D eigenvalue weighted by Crippen LogP contribution is 2.34. The third kappa shape index (κ3) is 2.50. The summed E-state index contributed by atoms with van der Waals surface area (Å²) in [4.78, 5) is 0. The molecule has 0 spiro atoms. The van der Waals surface area contributed by atoms with E-state index in [0.29, 0.717) is 0 Å². The van der Waals surface area contributed by atoms with Crippen LogP contribution in [-0.4, -0.2) is 12.3 Å². The first-order chi connectivity index (χ1) is 11.1. The number of para-hydroxylation sites is 1. The number of fused-ring (bicyclic) bond motifs is 1. The fourth-order valence-electron chi connectivity index (χ4n) is 3.27. The maximum Gasteiger partial charge on any atom is 0.0756 e. The van der Waals surface area contributed by atoms with E-state index in [9.17, 15) is 0 Å². The average molecular weight is 300 g/mol. The first-order valence-corrected chi connectivity index (χ1v) is 8.04. The maximum atomic E-state index is 4.94. The Bertz CT molecular complexity index is 878. The Morgan fingerprint density at radius 3 is 2.30 bits per heavy atom. The van der Waals surface area contributed by atoms with Crippen LogP contribution in [0.3, 0.4) is 0 Å². The third-order valence-corrected chi connectivity index (χ3v) is 4.48. The first-order valence-electron chi connectivity index (χ1n) is 8.04. The minimum atomic E-state index is 0.0261. The molecule has 0 aromatic heterocycles. The topological polar surface area (TPSA) is 15.6 Å². The van der Waals surface area contributed by atoms with Crippen molar-refractivity contribution in [2.24, 2.45) is 10.5 Å². The van der Waals surface area contributed by atoms with Crippen molar-refractivity contribution in [3.63, 3.8) is 0 Å². The highest BCUT2D eigenvalue weighted by atomic mass is 15.5. The maximum absolute atomic E-state index is 4.94. The SMILES string of the molecule is CC1(C)CN(c2ccccc2)N=C1c1ccc2ccccc2c1. The van der Waals surface area contributed by atoms with Gasteiger partial charge in [0.1, 0.15) is 0 Å². The molecule has 3 aromatic carbocycles. The van der Waals surface area contributed by atoms with E-state index in [1.165, 1.54) is 16.3 Å². The highest BCUT2D eigenvalue weighted by Gasteiger charge is 2.35. The van der Waals surface area contributed by atoms with E-state index in [2.05, 4.69) is 85.6 Å². The molecular weight excluding hydrogens is 280 g/mol. The van der Waals surface area contributed by atoms with Crippen LogP contribution < -0.4 is 5.01 Å². The van der Waals surface area contributed by atoms with Gasteiger partial charge in [0.2, 0.25) is 0 Å². The van der Waals surface area contributed by atoms with E-state index >= 15 is 0 Å². The summed E-state index contributed by atoms with van der Waals surface area (Å²) in [6.07, 6.45) is 0. The van der Waals surface area contributed by atoms with Crippen molar-refractivity contribution in [1.29, 1.82) is 0 Å². The molecule has 3 aromatic rings. The number of hydrogen-bond donors (Lipinski definition) is 0. The van der Waals surface area contributed by atoms with Crippen LogP contribution in [0.1, 0.15) is 19.4 Å². The van der Waals surface area contributed by atoms with Crippen LogP contribution in [0.2, 0.25) is 0 Å². The van der Waals surface area contributed by atoms with Crippen LogP contribution in [0.5, 0.6) is 0 Å². The molecule has 1 heterocycles. The standard InChI is InChI=1S/C21H20N2/c1-21(2)15-23(19-10-4-3-5-11-19)22-20(21)18-13-12-16-8-6-7-9-17(16)14-18/h3-14H,15H2,1-2H3. The lowest BCUT2D eigenvalue weighted by Crippen LogP contribution is -2.28. The molecule has 1 aliphatic heterocycles. The molecule has 0 N–H and O–H groups in total. The van der Waals surface area contributed by atoms with Crippen LogP contribution in [0.25, 0.3) is 10.8 Å². The Hall–Kier alpha value is -2.61. The minimum absolute atomic E-state index is 0.0261. The van der Waals surface area contributed by atoms with Crippen LogP contribution in [0.4, 0.5) is 5.69 Å². The summed E-state index contributed by atoms with van der Waals surface area (Å²) in [6.45, 7) is 5.44. The van der Waals surface area contributed by atoms with Gasteiger partial charge in [0.15, 0.2) is 0 Å². The van der Waals surface area contributed by atoms with Gasteiger partial charge in [-0.2, -0.15) is 5.10 Å². The van der Waals surface area contributed by atoms with E-state index in [1.54, 1.807) is 0 Å². The van der Waals surface area contributed by atoms with Gasteiger partial charge in [-0.3, -0.25) is 5.01 Å². The van der Waals surface area contributed by atoms with Gasteiger partial charge in [0.05, 0.1) is 17.9 Å². The van der Waals surface area contributed by atoms with Crippen LogP contribution >= 0.6 is 0 Å². The van der Waals surface area contributed by atoms with Gasteiger partial charge in [-0.1, -0.05) is 68.4 Å². The van der Waals surface area contributed by atoms with E-state index in [4.69, 9.17) is 5.10 Å². The van der Waals surface area contributed by atoms with E-state index < -0.39 is 0 Å². The second kappa shape index (κ2) is 5.24. The highest BCUT2D eigenvalue weighted by molar-refractivity contribution is 6.08. The second-order valence-corrected chi connectivity index (χ2v) is 6.79. The lowest BCUT2D eigenvalue weighted by Gasteiger charge is -2.21. The van der Waals surface area contributed by atoms with Crippen LogP contribution in [0.15, 0.2) is 77.9 Å². The van der Waals surface area contributed by atoms with Gasteiger partial charge in [0, 0.05) is 5.41 Å². The molecule has 0 bridgehead atoms. The zero-order valence-corrected chi connectivity index (χ0v) is 13.5.